The van der Waals surface area contributed by atoms with Crippen LogP contribution in [-0.4, -0.2) is 42.7 Å². The van der Waals surface area contributed by atoms with Crippen molar-refractivity contribution in [1.29, 1.82) is 0 Å². The summed E-state index contributed by atoms with van der Waals surface area (Å²) in [6.45, 7) is 2.07. The van der Waals surface area contributed by atoms with Gasteiger partial charge in [0.05, 0.1) is 0 Å². The molecule has 0 rings (SSSR count). The van der Waals surface area contributed by atoms with Crippen LogP contribution in [0.1, 0.15) is 44.9 Å². The molecule has 0 heterocycles. The summed E-state index contributed by atoms with van der Waals surface area (Å²) < 4.78 is 16.8. The van der Waals surface area contributed by atoms with Gasteiger partial charge in [0.1, 0.15) is 0 Å². The second-order valence-corrected chi connectivity index (χ2v) is 7.71. The van der Waals surface area contributed by atoms with E-state index in [4.69, 9.17) is 24.7 Å². The highest BCUT2D eigenvalue weighted by molar-refractivity contribution is 6.60. The quantitative estimate of drug-likeness (QED) is 0.377. The van der Waals surface area contributed by atoms with E-state index >= 15 is 0 Å². The minimum Gasteiger partial charge on any atom is -0.377 e. The molecule has 0 atom stereocenters. The van der Waals surface area contributed by atoms with Gasteiger partial charge in [-0.25, -0.2) is 0 Å². The van der Waals surface area contributed by atoms with Gasteiger partial charge >= 0.3 is 8.80 Å². The second kappa shape index (κ2) is 13.0. The Morgan fingerprint density at radius 1 is 0.737 bits per heavy atom. The van der Waals surface area contributed by atoms with Gasteiger partial charge in [0, 0.05) is 26.9 Å². The second-order valence-electron chi connectivity index (χ2n) is 4.74. The molecule has 0 radical (unpaired) electrons. The number of nitrogens with two attached hydrogens (primary N) is 2. The van der Waals surface area contributed by atoms with Crippen LogP contribution in [0.3, 0.4) is 0 Å². The highest BCUT2D eigenvalue weighted by Gasteiger charge is 2.37. The van der Waals surface area contributed by atoms with Crippen LogP contribution >= 0.6 is 0 Å². The van der Waals surface area contributed by atoms with Gasteiger partial charge in [-0.2, -0.15) is 0 Å². The molecular formula is C13H32N2O3Si. The lowest BCUT2D eigenvalue weighted by molar-refractivity contribution is 0.0969. The van der Waals surface area contributed by atoms with Gasteiger partial charge in [0.15, 0.2) is 0 Å². The van der Waals surface area contributed by atoms with Crippen molar-refractivity contribution in [3.63, 3.8) is 0 Å². The number of unbranched alkanes of at least 4 members (excludes halogenated alkanes) is 5. The predicted molar refractivity (Wildman–Crippen MR) is 81.0 cm³/mol. The van der Waals surface area contributed by atoms with Crippen LogP contribution in [-0.2, 0) is 13.3 Å². The van der Waals surface area contributed by atoms with Crippen LogP contribution in [0.5, 0.6) is 0 Å². The van der Waals surface area contributed by atoms with Gasteiger partial charge in [-0.15, -0.1) is 0 Å². The minimum atomic E-state index is -2.43. The van der Waals surface area contributed by atoms with Crippen LogP contribution < -0.4 is 11.5 Å². The van der Waals surface area contributed by atoms with E-state index in [0.717, 1.165) is 31.9 Å². The molecule has 0 aliphatic heterocycles. The van der Waals surface area contributed by atoms with Crippen molar-refractivity contribution >= 4 is 8.80 Å². The van der Waals surface area contributed by atoms with Crippen molar-refractivity contribution in [2.24, 2.45) is 11.5 Å². The van der Waals surface area contributed by atoms with E-state index in [1.165, 1.54) is 25.7 Å². The van der Waals surface area contributed by atoms with Crippen LogP contribution in [0, 0.1) is 0 Å². The molecule has 0 aliphatic rings. The first-order chi connectivity index (χ1) is 9.24. The molecule has 0 aliphatic carbocycles. The first-order valence-corrected chi connectivity index (χ1v) is 9.32. The van der Waals surface area contributed by atoms with Crippen molar-refractivity contribution in [2.45, 2.75) is 51.0 Å². The first kappa shape index (κ1) is 19.0. The topological polar surface area (TPSA) is 79.7 Å². The molecule has 0 amide bonds. The molecule has 6 heteroatoms. The van der Waals surface area contributed by atoms with Crippen LogP contribution in [0.25, 0.3) is 0 Å². The third-order valence-corrected chi connectivity index (χ3v) is 6.08. The molecule has 0 unspecified atom stereocenters. The Labute approximate surface area is 119 Å². The molecule has 0 fully saturated rings. The highest BCUT2D eigenvalue weighted by atomic mass is 28.4. The summed E-state index contributed by atoms with van der Waals surface area (Å²) in [5.41, 5.74) is 10.9. The number of hydrogen-bond acceptors (Lipinski definition) is 5. The summed E-state index contributed by atoms with van der Waals surface area (Å²) in [6, 6.07) is 0.890. The lowest BCUT2D eigenvalue weighted by Gasteiger charge is -2.26. The van der Waals surface area contributed by atoms with E-state index in [-0.39, 0.29) is 0 Å². The van der Waals surface area contributed by atoms with Gasteiger partial charge in [-0.3, -0.25) is 0 Å². The van der Waals surface area contributed by atoms with Crippen molar-refractivity contribution in [3.8, 4) is 0 Å². The van der Waals surface area contributed by atoms with Crippen molar-refractivity contribution in [1.82, 2.24) is 0 Å². The Hall–Kier alpha value is 0.0169. The maximum Gasteiger partial charge on any atom is 0.500 e. The zero-order valence-corrected chi connectivity index (χ0v) is 13.7. The maximum atomic E-state index is 5.81. The van der Waals surface area contributed by atoms with Crippen molar-refractivity contribution in [3.05, 3.63) is 0 Å². The molecule has 0 aromatic carbocycles. The van der Waals surface area contributed by atoms with Gasteiger partial charge in [-0.1, -0.05) is 25.7 Å². The largest absolute Gasteiger partial charge is 0.500 e. The summed E-state index contributed by atoms with van der Waals surface area (Å²) in [4.78, 5) is 0. The fourth-order valence-corrected chi connectivity index (χ4v) is 4.07. The van der Waals surface area contributed by atoms with Gasteiger partial charge in [-0.05, 0) is 32.4 Å². The third kappa shape index (κ3) is 9.54. The van der Waals surface area contributed by atoms with E-state index in [9.17, 15) is 0 Å². The molecule has 0 saturated heterocycles. The van der Waals surface area contributed by atoms with Crippen LogP contribution in [0.4, 0.5) is 0 Å². The minimum absolute atomic E-state index is 0.626. The maximum absolute atomic E-state index is 5.81. The fraction of sp³-hybridized carbons (Fsp3) is 1.00. The molecule has 0 saturated carbocycles. The monoisotopic (exact) mass is 292 g/mol. The van der Waals surface area contributed by atoms with Crippen molar-refractivity contribution < 1.29 is 13.3 Å². The zero-order valence-electron chi connectivity index (χ0n) is 12.7. The summed E-state index contributed by atoms with van der Waals surface area (Å²) in [5.74, 6) is 0. The Bertz CT molecular complexity index is 193. The Kier molecular flexibility index (Phi) is 13.0. The van der Waals surface area contributed by atoms with Crippen LogP contribution in [0.15, 0.2) is 0 Å². The molecule has 0 spiro atoms. The smallest absolute Gasteiger partial charge is 0.377 e. The number of hydrogen-bond donors (Lipinski definition) is 2. The number of rotatable bonds is 14. The summed E-state index contributed by atoms with van der Waals surface area (Å²) >= 11 is 0. The van der Waals surface area contributed by atoms with Gasteiger partial charge < -0.3 is 24.7 Å². The molecule has 0 aromatic rings. The lowest BCUT2D eigenvalue weighted by Crippen LogP contribution is -2.44. The molecular weight excluding hydrogens is 260 g/mol. The lowest BCUT2D eigenvalue weighted by atomic mass is 10.1. The Morgan fingerprint density at radius 3 is 1.79 bits per heavy atom. The highest BCUT2D eigenvalue weighted by Crippen LogP contribution is 2.19. The van der Waals surface area contributed by atoms with E-state index in [1.54, 1.807) is 14.2 Å². The van der Waals surface area contributed by atoms with Gasteiger partial charge in [0.2, 0.25) is 0 Å². The molecule has 19 heavy (non-hydrogen) atoms. The van der Waals surface area contributed by atoms with Gasteiger partial charge in [0.25, 0.3) is 0 Å². The average molecular weight is 292 g/mol. The summed E-state index contributed by atoms with van der Waals surface area (Å²) in [6.07, 6.45) is 8.03. The first-order valence-electron chi connectivity index (χ1n) is 7.39. The molecule has 4 N–H and O–H groups in total. The fourth-order valence-electron chi connectivity index (χ4n) is 1.98. The van der Waals surface area contributed by atoms with E-state index < -0.39 is 8.80 Å². The van der Waals surface area contributed by atoms with Crippen LogP contribution in [0.2, 0.25) is 6.04 Å². The average Bonchev–Trinajstić information content (AvgIpc) is 2.45. The van der Waals surface area contributed by atoms with Crippen molar-refractivity contribution in [2.75, 3.05) is 33.9 Å². The summed E-state index contributed by atoms with van der Waals surface area (Å²) in [5, 5.41) is 0. The van der Waals surface area contributed by atoms with E-state index in [0.29, 0.717) is 13.2 Å². The van der Waals surface area contributed by atoms with E-state index in [2.05, 4.69) is 0 Å². The molecule has 5 nitrogen and oxygen atoms in total. The molecule has 0 bridgehead atoms. The standard InChI is InChI=1S/C13H32N2O3Si/c1-16-19(17-2,18-12-9-11-15)13-8-6-4-3-5-7-10-14/h3-15H2,1-2H3. The van der Waals surface area contributed by atoms with E-state index in [1.807, 2.05) is 0 Å². The SMILES string of the molecule is CO[Si](CCCCCCCCN)(OC)OCCCN. The Morgan fingerprint density at radius 2 is 1.26 bits per heavy atom. The predicted octanol–water partition coefficient (Wildman–Crippen LogP) is 1.88. The third-order valence-electron chi connectivity index (χ3n) is 3.23. The molecule has 116 valence electrons. The normalized spacial score (nSPS) is 12.0. The molecule has 0 aromatic heterocycles. The zero-order chi connectivity index (χ0) is 14.4. The summed E-state index contributed by atoms with van der Waals surface area (Å²) in [7, 11) is 0.928. The Balaban J connectivity index is 3.74.